The van der Waals surface area contributed by atoms with Crippen LogP contribution in [0.2, 0.25) is 0 Å². The van der Waals surface area contributed by atoms with E-state index in [9.17, 15) is 4.79 Å². The molecular formula is C18H22N2O. The Kier molecular flexibility index (Phi) is 4.18. The van der Waals surface area contributed by atoms with Gasteiger partial charge in [0.05, 0.1) is 11.1 Å². The third-order valence-electron chi connectivity index (χ3n) is 4.21. The highest BCUT2D eigenvalue weighted by atomic mass is 16.1. The van der Waals surface area contributed by atoms with Crippen LogP contribution in [-0.2, 0) is 12.8 Å². The lowest BCUT2D eigenvalue weighted by molar-refractivity contribution is 0.0953. The van der Waals surface area contributed by atoms with Crippen LogP contribution >= 0.6 is 0 Å². The number of rotatable bonds is 4. The van der Waals surface area contributed by atoms with Gasteiger partial charge in [-0.1, -0.05) is 31.5 Å². The molecule has 0 saturated carbocycles. The van der Waals surface area contributed by atoms with Gasteiger partial charge in [0, 0.05) is 17.6 Å². The summed E-state index contributed by atoms with van der Waals surface area (Å²) < 4.78 is 0. The maximum absolute atomic E-state index is 12.7. The van der Waals surface area contributed by atoms with E-state index in [0.29, 0.717) is 0 Å². The molecule has 1 aliphatic carbocycles. The van der Waals surface area contributed by atoms with Gasteiger partial charge in [-0.3, -0.25) is 9.78 Å². The van der Waals surface area contributed by atoms with Crippen LogP contribution in [-0.4, -0.2) is 17.4 Å². The number of carbonyl (C=O) groups is 1. The first kappa shape index (κ1) is 14.1. The lowest BCUT2D eigenvalue weighted by Crippen LogP contribution is -2.27. The number of aryl methyl sites for hydroxylation is 1. The molecular weight excluding hydrogens is 260 g/mol. The van der Waals surface area contributed by atoms with Crippen LogP contribution in [0.15, 0.2) is 24.3 Å². The monoisotopic (exact) mass is 282 g/mol. The second-order valence-electron chi connectivity index (χ2n) is 5.75. The molecule has 0 saturated heterocycles. The van der Waals surface area contributed by atoms with Crippen LogP contribution < -0.4 is 5.32 Å². The van der Waals surface area contributed by atoms with Gasteiger partial charge in [-0.25, -0.2) is 0 Å². The Bertz CT molecular complexity index is 664. The molecule has 21 heavy (non-hydrogen) atoms. The molecule has 1 aromatic heterocycles. The molecule has 1 N–H and O–H groups in total. The van der Waals surface area contributed by atoms with E-state index in [1.54, 1.807) is 0 Å². The van der Waals surface area contributed by atoms with Crippen molar-refractivity contribution in [1.82, 2.24) is 10.3 Å². The Morgan fingerprint density at radius 3 is 2.90 bits per heavy atom. The normalized spacial score (nSPS) is 14.0. The van der Waals surface area contributed by atoms with Gasteiger partial charge in [-0.15, -0.1) is 0 Å². The minimum Gasteiger partial charge on any atom is -0.352 e. The Balaban J connectivity index is 2.07. The van der Waals surface area contributed by atoms with Gasteiger partial charge in [0.1, 0.15) is 0 Å². The van der Waals surface area contributed by atoms with E-state index in [1.807, 2.05) is 24.3 Å². The van der Waals surface area contributed by atoms with E-state index in [1.165, 1.54) is 12.0 Å². The highest BCUT2D eigenvalue weighted by molar-refractivity contribution is 6.07. The highest BCUT2D eigenvalue weighted by Crippen LogP contribution is 2.29. The number of hydrogen-bond acceptors (Lipinski definition) is 2. The van der Waals surface area contributed by atoms with Crippen LogP contribution in [0.3, 0.4) is 0 Å². The van der Waals surface area contributed by atoms with Crippen molar-refractivity contribution in [2.24, 2.45) is 0 Å². The number of benzene rings is 1. The van der Waals surface area contributed by atoms with Crippen LogP contribution in [0.1, 0.15) is 54.2 Å². The zero-order valence-electron chi connectivity index (χ0n) is 12.6. The third-order valence-corrected chi connectivity index (χ3v) is 4.21. The average molecular weight is 282 g/mol. The number of fused-ring (bicyclic) bond motifs is 2. The Labute approximate surface area is 125 Å². The van der Waals surface area contributed by atoms with E-state index in [0.717, 1.165) is 60.8 Å². The molecule has 0 spiro atoms. The fraction of sp³-hybridized carbons (Fsp3) is 0.444. The number of carbonyl (C=O) groups excluding carboxylic acids is 1. The van der Waals surface area contributed by atoms with Crippen molar-refractivity contribution in [3.63, 3.8) is 0 Å². The summed E-state index contributed by atoms with van der Waals surface area (Å²) in [4.78, 5) is 17.4. The summed E-state index contributed by atoms with van der Waals surface area (Å²) in [5.74, 6) is 0.0696. The van der Waals surface area contributed by atoms with Gasteiger partial charge < -0.3 is 5.32 Å². The number of nitrogens with zero attached hydrogens (tertiary/aromatic N) is 1. The van der Waals surface area contributed by atoms with Gasteiger partial charge in [-0.05, 0) is 43.7 Å². The summed E-state index contributed by atoms with van der Waals surface area (Å²) in [7, 11) is 0. The summed E-state index contributed by atoms with van der Waals surface area (Å²) in [6, 6.07) is 8.00. The Hall–Kier alpha value is -1.90. The predicted octanol–water partition coefficient (Wildman–Crippen LogP) is 3.64. The van der Waals surface area contributed by atoms with Gasteiger partial charge >= 0.3 is 0 Å². The molecule has 110 valence electrons. The lowest BCUT2D eigenvalue weighted by atomic mass is 9.89. The van der Waals surface area contributed by atoms with Crippen LogP contribution in [0.25, 0.3) is 10.9 Å². The minimum absolute atomic E-state index is 0.0696. The molecule has 3 rings (SSSR count). The van der Waals surface area contributed by atoms with E-state index < -0.39 is 0 Å². The standard InChI is InChI=1S/C18H22N2O/c1-2-3-12-19-18(21)17-13-8-4-6-10-15(13)20-16-11-7-5-9-14(16)17/h4,6,8,10H,2-3,5,7,9,11-12H2,1H3,(H,19,21). The van der Waals surface area contributed by atoms with Gasteiger partial charge in [0.2, 0.25) is 0 Å². The molecule has 0 unspecified atom stereocenters. The number of pyridine rings is 1. The van der Waals surface area contributed by atoms with E-state index >= 15 is 0 Å². The summed E-state index contributed by atoms with van der Waals surface area (Å²) in [5, 5.41) is 4.07. The SMILES string of the molecule is CCCCNC(=O)c1c2c(nc3ccccc13)CCCC2. The molecule has 0 bridgehead atoms. The lowest BCUT2D eigenvalue weighted by Gasteiger charge is -2.20. The second-order valence-corrected chi connectivity index (χ2v) is 5.75. The summed E-state index contributed by atoms with van der Waals surface area (Å²) in [6.07, 6.45) is 6.42. The zero-order valence-corrected chi connectivity index (χ0v) is 12.6. The third kappa shape index (κ3) is 2.78. The zero-order chi connectivity index (χ0) is 14.7. The quantitative estimate of drug-likeness (QED) is 0.870. The first-order valence-corrected chi connectivity index (χ1v) is 8.00. The van der Waals surface area contributed by atoms with Crippen LogP contribution in [0.5, 0.6) is 0 Å². The molecule has 1 aromatic carbocycles. The fourth-order valence-electron chi connectivity index (χ4n) is 3.10. The van der Waals surface area contributed by atoms with E-state index in [-0.39, 0.29) is 5.91 Å². The number of para-hydroxylation sites is 1. The maximum Gasteiger partial charge on any atom is 0.252 e. The van der Waals surface area contributed by atoms with Crippen LogP contribution in [0.4, 0.5) is 0 Å². The number of amides is 1. The van der Waals surface area contributed by atoms with Crippen molar-refractivity contribution in [1.29, 1.82) is 0 Å². The summed E-state index contributed by atoms with van der Waals surface area (Å²) >= 11 is 0. The smallest absolute Gasteiger partial charge is 0.252 e. The molecule has 2 aromatic rings. The van der Waals surface area contributed by atoms with Crippen LogP contribution in [0, 0.1) is 0 Å². The molecule has 0 radical (unpaired) electrons. The van der Waals surface area contributed by atoms with Crippen molar-refractivity contribution in [3.8, 4) is 0 Å². The van der Waals surface area contributed by atoms with Gasteiger partial charge in [-0.2, -0.15) is 0 Å². The summed E-state index contributed by atoms with van der Waals surface area (Å²) in [6.45, 7) is 2.89. The van der Waals surface area contributed by atoms with Gasteiger partial charge in [0.15, 0.2) is 0 Å². The summed E-state index contributed by atoms with van der Waals surface area (Å²) in [5.41, 5.74) is 4.11. The highest BCUT2D eigenvalue weighted by Gasteiger charge is 2.22. The molecule has 1 amide bonds. The number of nitrogens with one attached hydrogen (secondary N) is 1. The minimum atomic E-state index is 0.0696. The molecule has 1 heterocycles. The Morgan fingerprint density at radius 2 is 2.05 bits per heavy atom. The predicted molar refractivity (Wildman–Crippen MR) is 85.6 cm³/mol. The first-order valence-electron chi connectivity index (χ1n) is 8.00. The number of aromatic nitrogens is 1. The molecule has 1 aliphatic rings. The largest absolute Gasteiger partial charge is 0.352 e. The van der Waals surface area contributed by atoms with Crippen molar-refractivity contribution in [2.75, 3.05) is 6.54 Å². The second kappa shape index (κ2) is 6.25. The molecule has 3 heteroatoms. The van der Waals surface area contributed by atoms with Gasteiger partial charge in [0.25, 0.3) is 5.91 Å². The first-order chi connectivity index (χ1) is 10.3. The van der Waals surface area contributed by atoms with E-state index in [4.69, 9.17) is 4.98 Å². The molecule has 0 fully saturated rings. The number of hydrogen-bond donors (Lipinski definition) is 1. The van der Waals surface area contributed by atoms with Crippen molar-refractivity contribution in [3.05, 3.63) is 41.1 Å². The molecule has 0 aliphatic heterocycles. The topological polar surface area (TPSA) is 42.0 Å². The maximum atomic E-state index is 12.7. The Morgan fingerprint density at radius 1 is 1.24 bits per heavy atom. The number of unbranched alkanes of at least 4 members (excludes halogenated alkanes) is 1. The van der Waals surface area contributed by atoms with E-state index in [2.05, 4.69) is 12.2 Å². The molecule has 0 atom stereocenters. The average Bonchev–Trinajstić information content (AvgIpc) is 2.52. The fourth-order valence-corrected chi connectivity index (χ4v) is 3.10. The van der Waals surface area contributed by atoms with Crippen molar-refractivity contribution in [2.45, 2.75) is 45.4 Å². The van der Waals surface area contributed by atoms with Crippen molar-refractivity contribution >= 4 is 16.8 Å². The van der Waals surface area contributed by atoms with Crippen molar-refractivity contribution < 1.29 is 4.79 Å². The molecule has 3 nitrogen and oxygen atoms in total.